The maximum atomic E-state index is 1.50. The van der Waals surface area contributed by atoms with Gasteiger partial charge in [-0.15, -0.1) is 0 Å². The van der Waals surface area contributed by atoms with Crippen molar-refractivity contribution < 1.29 is 42.1 Å². The Morgan fingerprint density at radius 3 is 0.208 bits per heavy atom. The van der Waals surface area contributed by atoms with Crippen molar-refractivity contribution in [3.05, 3.63) is 0 Å². The van der Waals surface area contributed by atoms with E-state index in [2.05, 4.69) is 0 Å². The molecule has 172 valence electrons. The molecule has 2 aliphatic carbocycles. The summed E-state index contributed by atoms with van der Waals surface area (Å²) >= 11 is 0. The SMILES string of the molecule is C.C.C.C.C.C.C.C.C.C.C.C.C.C.C1CCC1.C1CCC1.[W].[W]. The summed E-state index contributed by atoms with van der Waals surface area (Å²) in [6.45, 7) is 0. The molecule has 2 aliphatic rings. The van der Waals surface area contributed by atoms with E-state index in [-0.39, 0.29) is 146 Å². The van der Waals surface area contributed by atoms with Crippen molar-refractivity contribution >= 4 is 0 Å². The molecule has 0 aromatic rings. The van der Waals surface area contributed by atoms with Crippen LogP contribution < -0.4 is 0 Å². The molecule has 0 heterocycles. The Labute approximate surface area is 196 Å². The van der Waals surface area contributed by atoms with Gasteiger partial charge in [0.2, 0.25) is 0 Å². The Bertz CT molecular complexity index is 33.9. The van der Waals surface area contributed by atoms with E-state index in [1.165, 1.54) is 51.4 Å². The first-order valence-corrected chi connectivity index (χ1v) is 4.00. The number of rotatable bonds is 0. The molecule has 2 fully saturated rings. The molecule has 2 saturated carbocycles. The molecule has 0 aliphatic heterocycles. The Morgan fingerprint density at radius 1 is 0.167 bits per heavy atom. The van der Waals surface area contributed by atoms with Crippen molar-refractivity contribution in [2.45, 2.75) is 155 Å². The van der Waals surface area contributed by atoms with Gasteiger partial charge in [0.1, 0.15) is 0 Å². The second-order valence-corrected chi connectivity index (χ2v) is 2.83. The van der Waals surface area contributed by atoms with Crippen LogP contribution in [0.4, 0.5) is 0 Å². The van der Waals surface area contributed by atoms with Gasteiger partial charge in [-0.25, -0.2) is 0 Å². The van der Waals surface area contributed by atoms with Gasteiger partial charge in [0.05, 0.1) is 0 Å². The standard InChI is InChI=1S/2C4H8.14CH4.2W/c2*1-2-4-3-1;;;;;;;;;;;;;;;;/h2*1-4H2;14*1H4;;. The van der Waals surface area contributed by atoms with Crippen LogP contribution in [0.2, 0.25) is 0 Å². The molecule has 2 rings (SSSR count). The number of hydrogen-bond donors (Lipinski definition) is 0. The molecule has 2 heteroatoms. The van der Waals surface area contributed by atoms with Gasteiger partial charge >= 0.3 is 0 Å². The molecule has 0 unspecified atom stereocenters. The van der Waals surface area contributed by atoms with Crippen molar-refractivity contribution in [2.75, 3.05) is 0 Å². The van der Waals surface area contributed by atoms with E-state index in [0.29, 0.717) is 0 Å². The first-order valence-electron chi connectivity index (χ1n) is 4.00. The second-order valence-electron chi connectivity index (χ2n) is 2.83. The summed E-state index contributed by atoms with van der Waals surface area (Å²) in [5.74, 6) is 0. The van der Waals surface area contributed by atoms with E-state index in [0.717, 1.165) is 0 Å². The summed E-state index contributed by atoms with van der Waals surface area (Å²) in [7, 11) is 0. The third kappa shape index (κ3) is 133. The van der Waals surface area contributed by atoms with Crippen molar-refractivity contribution in [3.8, 4) is 0 Å². The van der Waals surface area contributed by atoms with Crippen molar-refractivity contribution in [2.24, 2.45) is 0 Å². The molecule has 0 saturated heterocycles. The van der Waals surface area contributed by atoms with Crippen LogP contribution in [0.3, 0.4) is 0 Å². The van der Waals surface area contributed by atoms with Gasteiger partial charge in [-0.2, -0.15) is 0 Å². The monoisotopic (exact) mass is 704 g/mol. The molecule has 0 aromatic carbocycles. The Hall–Kier alpha value is 1.38. The fourth-order valence-electron chi connectivity index (χ4n) is 0.500. The Morgan fingerprint density at radius 2 is 0.208 bits per heavy atom. The summed E-state index contributed by atoms with van der Waals surface area (Å²) in [4.78, 5) is 0. The Kier molecular flexibility index (Phi) is 1080. The molecule has 0 spiro atoms. The molecule has 0 nitrogen and oxygen atoms in total. The first kappa shape index (κ1) is 172. The van der Waals surface area contributed by atoms with Crippen LogP contribution >= 0.6 is 0 Å². The minimum Gasteiger partial charge on any atom is -0.0776 e. The van der Waals surface area contributed by atoms with Crippen LogP contribution in [0.15, 0.2) is 0 Å². The van der Waals surface area contributed by atoms with Gasteiger partial charge < -0.3 is 0 Å². The van der Waals surface area contributed by atoms with E-state index >= 15 is 0 Å². The average molecular weight is 704 g/mol. The minimum atomic E-state index is 0. The smallest absolute Gasteiger partial charge is 0 e. The second kappa shape index (κ2) is 152. The van der Waals surface area contributed by atoms with Crippen LogP contribution in [0.5, 0.6) is 0 Å². The van der Waals surface area contributed by atoms with Crippen LogP contribution in [0, 0.1) is 0 Å². The predicted molar refractivity (Wildman–Crippen MR) is 131 cm³/mol. The van der Waals surface area contributed by atoms with Gasteiger partial charge in [0, 0.05) is 42.1 Å². The molecule has 0 N–H and O–H groups in total. The third-order valence-corrected chi connectivity index (χ3v) is 2.00. The molecule has 0 amide bonds. The van der Waals surface area contributed by atoms with E-state index in [4.69, 9.17) is 0 Å². The zero-order chi connectivity index (χ0) is 5.66. The maximum absolute atomic E-state index is 1.50. The fraction of sp³-hybridized carbons (Fsp3) is 1.00. The topological polar surface area (TPSA) is 0 Å². The number of hydrogen-bond acceptors (Lipinski definition) is 0. The summed E-state index contributed by atoms with van der Waals surface area (Å²) in [6.07, 6.45) is 12.0. The van der Waals surface area contributed by atoms with Crippen LogP contribution in [0.25, 0.3) is 0 Å². The summed E-state index contributed by atoms with van der Waals surface area (Å²) < 4.78 is 0. The molecule has 24 heavy (non-hydrogen) atoms. The van der Waals surface area contributed by atoms with Crippen LogP contribution in [0.1, 0.15) is 155 Å². The van der Waals surface area contributed by atoms with Gasteiger partial charge in [-0.05, 0) is 0 Å². The fourth-order valence-corrected chi connectivity index (χ4v) is 0.500. The molecule has 0 aromatic heterocycles. The van der Waals surface area contributed by atoms with Crippen LogP contribution in [-0.2, 0) is 42.1 Å². The van der Waals surface area contributed by atoms with Crippen molar-refractivity contribution in [3.63, 3.8) is 0 Å². The van der Waals surface area contributed by atoms with Gasteiger partial charge in [0.15, 0.2) is 0 Å². The van der Waals surface area contributed by atoms with E-state index < -0.39 is 0 Å². The molecule has 0 radical (unpaired) electrons. The zero-order valence-electron chi connectivity index (χ0n) is 6.47. The maximum Gasteiger partial charge on any atom is 0 e. The predicted octanol–water partition coefficient (Wildman–Crippen LogP) is 12.0. The summed E-state index contributed by atoms with van der Waals surface area (Å²) in [5, 5.41) is 0. The van der Waals surface area contributed by atoms with Crippen molar-refractivity contribution in [1.82, 2.24) is 0 Å². The normalized spacial score (nSPS) is 8.00. The van der Waals surface area contributed by atoms with E-state index in [9.17, 15) is 0 Å². The summed E-state index contributed by atoms with van der Waals surface area (Å²) in [5.41, 5.74) is 0. The Balaban J connectivity index is -0.00000000229. The summed E-state index contributed by atoms with van der Waals surface area (Å²) in [6, 6.07) is 0. The van der Waals surface area contributed by atoms with Gasteiger partial charge in [-0.1, -0.05) is 155 Å². The molecule has 0 atom stereocenters. The average Bonchev–Trinajstić information content (AvgIpc) is 1.12. The first-order chi connectivity index (χ1) is 4.00. The minimum absolute atomic E-state index is 0. The van der Waals surface area contributed by atoms with E-state index in [1.807, 2.05) is 0 Å². The molecular weight excluding hydrogens is 632 g/mol. The zero-order valence-corrected chi connectivity index (χ0v) is 12.3. The van der Waals surface area contributed by atoms with E-state index in [1.54, 1.807) is 0 Å². The molecule has 0 bridgehead atoms. The van der Waals surface area contributed by atoms with Gasteiger partial charge in [-0.3, -0.25) is 0 Å². The third-order valence-electron chi connectivity index (χ3n) is 2.00. The molecular formula is C22H72W2. The van der Waals surface area contributed by atoms with Crippen molar-refractivity contribution in [1.29, 1.82) is 0 Å². The largest absolute Gasteiger partial charge is 0.0776 e. The quantitative estimate of drug-likeness (QED) is 0.236. The van der Waals surface area contributed by atoms with Gasteiger partial charge in [0.25, 0.3) is 0 Å². The van der Waals surface area contributed by atoms with Crippen LogP contribution in [-0.4, -0.2) is 0 Å².